The van der Waals surface area contributed by atoms with Crippen molar-refractivity contribution in [3.8, 4) is 11.4 Å². The van der Waals surface area contributed by atoms with Gasteiger partial charge in [-0.25, -0.2) is 13.6 Å². The molecular formula is C18H12F2N2O3. The molecule has 0 aliphatic carbocycles. The molecule has 7 heteroatoms. The van der Waals surface area contributed by atoms with Gasteiger partial charge in [0, 0.05) is 11.6 Å². The van der Waals surface area contributed by atoms with Gasteiger partial charge in [-0.1, -0.05) is 17.3 Å². The van der Waals surface area contributed by atoms with Gasteiger partial charge in [0.1, 0.15) is 11.6 Å². The van der Waals surface area contributed by atoms with Gasteiger partial charge in [0.25, 0.3) is 5.89 Å². The molecule has 0 spiro atoms. The largest absolute Gasteiger partial charge is 0.452 e. The third-order valence-corrected chi connectivity index (χ3v) is 3.17. The van der Waals surface area contributed by atoms with E-state index in [2.05, 4.69) is 10.1 Å². The van der Waals surface area contributed by atoms with E-state index in [9.17, 15) is 13.6 Å². The number of rotatable bonds is 5. The average Bonchev–Trinajstić information content (AvgIpc) is 3.08. The molecule has 0 N–H and O–H groups in total. The molecule has 0 unspecified atom stereocenters. The second kappa shape index (κ2) is 7.48. The predicted octanol–water partition coefficient (Wildman–Crippen LogP) is 3.77. The van der Waals surface area contributed by atoms with E-state index in [0.717, 1.165) is 0 Å². The van der Waals surface area contributed by atoms with Crippen molar-refractivity contribution in [3.05, 3.63) is 77.7 Å². The number of hydrogen-bond donors (Lipinski definition) is 0. The Hall–Kier alpha value is -3.35. The third kappa shape index (κ3) is 4.57. The first-order chi connectivity index (χ1) is 12.1. The smallest absolute Gasteiger partial charge is 0.331 e. The second-order valence-corrected chi connectivity index (χ2v) is 5.01. The zero-order chi connectivity index (χ0) is 17.6. The molecule has 1 heterocycles. The lowest BCUT2D eigenvalue weighted by Gasteiger charge is -1.97. The molecule has 25 heavy (non-hydrogen) atoms. The molecule has 0 aliphatic heterocycles. The Morgan fingerprint density at radius 3 is 2.68 bits per heavy atom. The molecule has 0 bridgehead atoms. The quantitative estimate of drug-likeness (QED) is 0.522. The molecule has 5 nitrogen and oxygen atoms in total. The molecule has 3 rings (SSSR count). The Morgan fingerprint density at radius 1 is 1.12 bits per heavy atom. The molecule has 0 amide bonds. The summed E-state index contributed by atoms with van der Waals surface area (Å²) in [7, 11) is 0. The zero-order valence-corrected chi connectivity index (χ0v) is 12.9. The van der Waals surface area contributed by atoms with Gasteiger partial charge in [0.2, 0.25) is 5.82 Å². The minimum Gasteiger partial charge on any atom is -0.452 e. The number of esters is 1. The van der Waals surface area contributed by atoms with Crippen molar-refractivity contribution in [3.63, 3.8) is 0 Å². The summed E-state index contributed by atoms with van der Waals surface area (Å²) in [5, 5.41) is 3.74. The van der Waals surface area contributed by atoms with E-state index >= 15 is 0 Å². The van der Waals surface area contributed by atoms with Crippen molar-refractivity contribution in [1.29, 1.82) is 0 Å². The van der Waals surface area contributed by atoms with Crippen LogP contribution in [0.25, 0.3) is 17.5 Å². The first-order valence-corrected chi connectivity index (χ1v) is 7.29. The lowest BCUT2D eigenvalue weighted by Crippen LogP contribution is -2.01. The van der Waals surface area contributed by atoms with Crippen LogP contribution in [0, 0.1) is 11.6 Å². The molecule has 2 aromatic carbocycles. The Balaban J connectivity index is 1.56. The number of benzene rings is 2. The van der Waals surface area contributed by atoms with Crippen LogP contribution in [0.1, 0.15) is 11.5 Å². The summed E-state index contributed by atoms with van der Waals surface area (Å²) in [4.78, 5) is 15.7. The first-order valence-electron chi connectivity index (χ1n) is 7.29. The van der Waals surface area contributed by atoms with Gasteiger partial charge in [0.05, 0.1) is 0 Å². The number of hydrogen-bond acceptors (Lipinski definition) is 5. The van der Waals surface area contributed by atoms with Gasteiger partial charge in [0.15, 0.2) is 6.61 Å². The fraction of sp³-hybridized carbons (Fsp3) is 0.0556. The van der Waals surface area contributed by atoms with E-state index < -0.39 is 11.8 Å². The normalized spacial score (nSPS) is 11.0. The number of aromatic nitrogens is 2. The van der Waals surface area contributed by atoms with Gasteiger partial charge >= 0.3 is 5.97 Å². The van der Waals surface area contributed by atoms with Crippen LogP contribution < -0.4 is 0 Å². The molecule has 126 valence electrons. The molecule has 3 aromatic rings. The summed E-state index contributed by atoms with van der Waals surface area (Å²) in [6.07, 6.45) is 2.61. The van der Waals surface area contributed by atoms with Crippen LogP contribution in [0.15, 0.2) is 59.1 Å². The molecule has 0 radical (unpaired) electrons. The molecule has 0 saturated carbocycles. The van der Waals surface area contributed by atoms with E-state index in [1.165, 1.54) is 54.6 Å². The lowest BCUT2D eigenvalue weighted by atomic mass is 10.2. The fourth-order valence-corrected chi connectivity index (χ4v) is 1.99. The molecular weight excluding hydrogens is 330 g/mol. The van der Waals surface area contributed by atoms with Gasteiger partial charge in [-0.2, -0.15) is 4.98 Å². The Labute approximate surface area is 141 Å². The van der Waals surface area contributed by atoms with Crippen molar-refractivity contribution < 1.29 is 22.8 Å². The summed E-state index contributed by atoms with van der Waals surface area (Å²) in [6.45, 7) is -0.208. The number of carbonyl (C=O) groups is 1. The maximum Gasteiger partial charge on any atom is 0.331 e. The highest BCUT2D eigenvalue weighted by molar-refractivity contribution is 5.86. The maximum atomic E-state index is 13.0. The Kier molecular flexibility index (Phi) is 4.94. The highest BCUT2D eigenvalue weighted by Gasteiger charge is 2.10. The van der Waals surface area contributed by atoms with Crippen LogP contribution in [0.2, 0.25) is 0 Å². The lowest BCUT2D eigenvalue weighted by molar-refractivity contribution is -0.139. The molecule has 0 saturated heterocycles. The number of carbonyl (C=O) groups excluding carboxylic acids is 1. The van der Waals surface area contributed by atoms with Gasteiger partial charge in [-0.05, 0) is 48.0 Å². The van der Waals surface area contributed by atoms with Crippen LogP contribution >= 0.6 is 0 Å². The number of nitrogens with zero attached hydrogens (tertiary/aromatic N) is 2. The minimum atomic E-state index is -0.634. The molecule has 0 atom stereocenters. The molecule has 1 aromatic heterocycles. The van der Waals surface area contributed by atoms with E-state index in [1.807, 2.05) is 0 Å². The standard InChI is InChI=1S/C18H12F2N2O3/c19-14-7-5-13(6-8-14)18-21-16(25-22-18)11-24-17(23)9-4-12-2-1-3-15(20)10-12/h1-10H,11H2/b9-4+. The zero-order valence-electron chi connectivity index (χ0n) is 12.9. The van der Waals surface area contributed by atoms with E-state index in [-0.39, 0.29) is 24.1 Å². The summed E-state index contributed by atoms with van der Waals surface area (Å²) in [6, 6.07) is 11.4. The highest BCUT2D eigenvalue weighted by atomic mass is 19.1. The van der Waals surface area contributed by atoms with Gasteiger partial charge in [-0.15, -0.1) is 0 Å². The first kappa shape index (κ1) is 16.5. The van der Waals surface area contributed by atoms with Crippen molar-refractivity contribution in [2.75, 3.05) is 0 Å². The molecule has 0 aliphatic rings. The monoisotopic (exact) mass is 342 g/mol. The highest BCUT2D eigenvalue weighted by Crippen LogP contribution is 2.16. The maximum absolute atomic E-state index is 13.0. The Morgan fingerprint density at radius 2 is 1.92 bits per heavy atom. The van der Waals surface area contributed by atoms with Crippen molar-refractivity contribution in [2.45, 2.75) is 6.61 Å². The minimum absolute atomic E-state index is 0.104. The van der Waals surface area contributed by atoms with Crippen LogP contribution in [0.3, 0.4) is 0 Å². The topological polar surface area (TPSA) is 65.2 Å². The van der Waals surface area contributed by atoms with Crippen molar-refractivity contribution in [2.24, 2.45) is 0 Å². The van der Waals surface area contributed by atoms with E-state index in [4.69, 9.17) is 9.26 Å². The van der Waals surface area contributed by atoms with Crippen LogP contribution in [0.5, 0.6) is 0 Å². The summed E-state index contributed by atoms with van der Waals surface area (Å²) < 4.78 is 35.9. The third-order valence-electron chi connectivity index (χ3n) is 3.17. The van der Waals surface area contributed by atoms with Crippen LogP contribution in [0.4, 0.5) is 8.78 Å². The predicted molar refractivity (Wildman–Crippen MR) is 84.9 cm³/mol. The van der Waals surface area contributed by atoms with Crippen LogP contribution in [-0.2, 0) is 16.1 Å². The van der Waals surface area contributed by atoms with Gasteiger partial charge in [-0.3, -0.25) is 0 Å². The SMILES string of the molecule is O=C(/C=C/c1cccc(F)c1)OCc1nc(-c2ccc(F)cc2)no1. The van der Waals surface area contributed by atoms with Crippen molar-refractivity contribution >= 4 is 12.0 Å². The Bertz CT molecular complexity index is 905. The van der Waals surface area contributed by atoms with Gasteiger partial charge < -0.3 is 9.26 Å². The fourth-order valence-electron chi connectivity index (χ4n) is 1.99. The van der Waals surface area contributed by atoms with E-state index in [0.29, 0.717) is 11.1 Å². The average molecular weight is 342 g/mol. The van der Waals surface area contributed by atoms with Crippen LogP contribution in [-0.4, -0.2) is 16.1 Å². The summed E-state index contributed by atoms with van der Waals surface area (Å²) in [5.74, 6) is -1.03. The molecule has 0 fully saturated rings. The summed E-state index contributed by atoms with van der Waals surface area (Å²) >= 11 is 0. The second-order valence-electron chi connectivity index (χ2n) is 5.01. The number of halogens is 2. The summed E-state index contributed by atoms with van der Waals surface area (Å²) in [5.41, 5.74) is 1.11. The number of ether oxygens (including phenoxy) is 1. The van der Waals surface area contributed by atoms with E-state index in [1.54, 1.807) is 6.07 Å². The van der Waals surface area contributed by atoms with Crippen molar-refractivity contribution in [1.82, 2.24) is 10.1 Å².